The minimum Gasteiger partial charge on any atom is -0.379 e. The van der Waals surface area contributed by atoms with Crippen molar-refractivity contribution >= 4 is 28.8 Å². The minimum atomic E-state index is -0.800. The quantitative estimate of drug-likeness (QED) is 0.838. The Morgan fingerprint density at radius 2 is 2.19 bits per heavy atom. The van der Waals surface area contributed by atoms with E-state index >= 15 is 0 Å². The number of hydrogen-bond donors (Lipinski definition) is 1. The van der Waals surface area contributed by atoms with Gasteiger partial charge < -0.3 is 5.73 Å². The van der Waals surface area contributed by atoms with Crippen LogP contribution >= 0.6 is 11.8 Å². The van der Waals surface area contributed by atoms with Gasteiger partial charge in [0.2, 0.25) is 0 Å². The van der Waals surface area contributed by atoms with E-state index in [1.807, 2.05) is 19.9 Å². The second-order valence-corrected chi connectivity index (χ2v) is 8.09. The first kappa shape index (κ1) is 19.1. The molecule has 0 unspecified atom stereocenters. The third-order valence-electron chi connectivity index (χ3n) is 4.37. The van der Waals surface area contributed by atoms with Crippen LogP contribution in [0.5, 0.6) is 0 Å². The number of rotatable bonds is 3. The van der Waals surface area contributed by atoms with Gasteiger partial charge in [-0.05, 0) is 49.2 Å². The molecule has 2 N–H and O–H groups in total. The molecule has 138 valence electrons. The van der Waals surface area contributed by atoms with Crippen molar-refractivity contribution in [2.24, 2.45) is 10.7 Å². The van der Waals surface area contributed by atoms with Gasteiger partial charge in [-0.1, -0.05) is 24.8 Å². The lowest BCUT2D eigenvalue weighted by Gasteiger charge is -2.33. The van der Waals surface area contributed by atoms with Crippen molar-refractivity contribution in [2.45, 2.75) is 31.1 Å². The number of nitrogens with two attached hydrogens (primary N) is 1. The van der Waals surface area contributed by atoms with Crippen LogP contribution in [0.1, 0.15) is 42.7 Å². The molecule has 7 heteroatoms. The number of halogens is 2. The van der Waals surface area contributed by atoms with Crippen LogP contribution in [0.2, 0.25) is 0 Å². The van der Waals surface area contributed by atoms with E-state index < -0.39 is 17.2 Å². The maximum absolute atomic E-state index is 14.5. The topological polar surface area (TPSA) is 75.1 Å². The van der Waals surface area contributed by atoms with Crippen molar-refractivity contribution in [1.82, 2.24) is 4.98 Å². The van der Waals surface area contributed by atoms with E-state index in [9.17, 15) is 8.78 Å². The van der Waals surface area contributed by atoms with Crippen LogP contribution in [0, 0.1) is 17.1 Å². The highest BCUT2D eigenvalue weighted by Crippen LogP contribution is 2.40. The zero-order valence-electron chi connectivity index (χ0n) is 14.9. The normalized spacial score (nSPS) is 22.9. The van der Waals surface area contributed by atoms with Crippen LogP contribution in [-0.4, -0.2) is 15.4 Å². The van der Waals surface area contributed by atoms with Gasteiger partial charge in [0.05, 0.1) is 16.8 Å². The Labute approximate surface area is 160 Å². The maximum atomic E-state index is 14.5. The fourth-order valence-corrected chi connectivity index (χ4v) is 4.23. The Morgan fingerprint density at radius 3 is 2.81 bits per heavy atom. The molecule has 2 heterocycles. The van der Waals surface area contributed by atoms with E-state index in [1.165, 1.54) is 48.3 Å². The average molecular weight is 384 g/mol. The summed E-state index contributed by atoms with van der Waals surface area (Å²) in [5, 5.41) is 9.41. The van der Waals surface area contributed by atoms with Gasteiger partial charge in [-0.15, -0.1) is 0 Å². The average Bonchev–Trinajstić information content (AvgIpc) is 2.62. The van der Waals surface area contributed by atoms with Crippen LogP contribution in [-0.2, 0) is 5.54 Å². The zero-order chi connectivity index (χ0) is 19.6. The molecule has 0 fully saturated rings. The van der Waals surface area contributed by atoms with E-state index in [2.05, 4.69) is 9.98 Å². The van der Waals surface area contributed by atoms with Gasteiger partial charge in [-0.3, -0.25) is 9.98 Å². The lowest BCUT2D eigenvalue weighted by Crippen LogP contribution is -2.33. The Kier molecular flexibility index (Phi) is 5.29. The molecule has 1 aliphatic heterocycles. The predicted octanol–water partition coefficient (Wildman–Crippen LogP) is 4.62. The number of amidine groups is 1. The number of aromatic nitrogens is 1. The summed E-state index contributed by atoms with van der Waals surface area (Å²) < 4.78 is 29.0. The summed E-state index contributed by atoms with van der Waals surface area (Å²) in [4.78, 5) is 8.38. The molecule has 1 aliphatic rings. The van der Waals surface area contributed by atoms with Crippen LogP contribution in [0.25, 0.3) is 11.9 Å². The number of pyridine rings is 1. The summed E-state index contributed by atoms with van der Waals surface area (Å²) in [5.41, 5.74) is 6.43. The van der Waals surface area contributed by atoms with E-state index in [0.29, 0.717) is 28.3 Å². The molecule has 2 atom stereocenters. The lowest BCUT2D eigenvalue weighted by molar-refractivity contribution is 0.427. The fourth-order valence-electron chi connectivity index (χ4n) is 3.16. The number of benzene rings is 1. The number of aliphatic imine (C=N–C) groups is 1. The smallest absolute Gasteiger partial charge is 0.155 e. The van der Waals surface area contributed by atoms with Gasteiger partial charge in [-0.2, -0.15) is 5.26 Å². The lowest BCUT2D eigenvalue weighted by atomic mass is 9.86. The van der Waals surface area contributed by atoms with Crippen LogP contribution < -0.4 is 5.73 Å². The Hall–Kier alpha value is -2.72. The molecule has 0 saturated heterocycles. The highest BCUT2D eigenvalue weighted by molar-refractivity contribution is 8.14. The van der Waals surface area contributed by atoms with Crippen molar-refractivity contribution < 1.29 is 8.78 Å². The maximum Gasteiger partial charge on any atom is 0.155 e. The molecule has 1 aromatic heterocycles. The molecule has 2 aromatic rings. The number of hydrogen-bond acceptors (Lipinski definition) is 5. The highest BCUT2D eigenvalue weighted by atomic mass is 32.2. The first-order valence-corrected chi connectivity index (χ1v) is 9.24. The van der Waals surface area contributed by atoms with Crippen LogP contribution in [0.4, 0.5) is 8.78 Å². The molecule has 3 rings (SSSR count). The molecule has 0 amide bonds. The minimum absolute atomic E-state index is 0.107. The summed E-state index contributed by atoms with van der Waals surface area (Å²) in [6.07, 6.45) is 3.22. The predicted molar refractivity (Wildman–Crippen MR) is 105 cm³/mol. The first-order valence-electron chi connectivity index (χ1n) is 8.36. The second-order valence-electron chi connectivity index (χ2n) is 6.63. The fraction of sp³-hybridized carbons (Fsp3) is 0.250. The molecule has 27 heavy (non-hydrogen) atoms. The highest BCUT2D eigenvalue weighted by Gasteiger charge is 2.35. The van der Waals surface area contributed by atoms with Gasteiger partial charge in [0.15, 0.2) is 5.17 Å². The number of thioether (sulfide) groups is 1. The summed E-state index contributed by atoms with van der Waals surface area (Å²) in [7, 11) is 0. The van der Waals surface area contributed by atoms with Gasteiger partial charge in [0.25, 0.3) is 0 Å². The van der Waals surface area contributed by atoms with Crippen molar-refractivity contribution in [3.8, 4) is 6.07 Å². The van der Waals surface area contributed by atoms with Gasteiger partial charge >= 0.3 is 0 Å². The van der Waals surface area contributed by atoms with E-state index in [0.717, 1.165) is 0 Å². The SMILES string of the molecule is C[C@@H]1C[C@@](C)(c2cc(/C=C(\F)c3ccc(C#N)cn3)ccc2F)N=C(N)S1. The monoisotopic (exact) mass is 384 g/mol. The largest absolute Gasteiger partial charge is 0.379 e. The molecular formula is C20H18F2N4S. The third kappa shape index (κ3) is 4.17. The van der Waals surface area contributed by atoms with Crippen molar-refractivity contribution in [3.05, 3.63) is 64.7 Å². The van der Waals surface area contributed by atoms with Crippen molar-refractivity contribution in [1.29, 1.82) is 5.26 Å². The van der Waals surface area contributed by atoms with Crippen LogP contribution in [0.15, 0.2) is 41.5 Å². The van der Waals surface area contributed by atoms with Gasteiger partial charge in [0, 0.05) is 17.0 Å². The van der Waals surface area contributed by atoms with Crippen molar-refractivity contribution in [3.63, 3.8) is 0 Å². The summed E-state index contributed by atoms with van der Waals surface area (Å²) in [5.74, 6) is -0.972. The summed E-state index contributed by atoms with van der Waals surface area (Å²) in [6, 6.07) is 9.26. The Morgan fingerprint density at radius 1 is 1.41 bits per heavy atom. The number of nitriles is 1. The Balaban J connectivity index is 1.98. The molecular weight excluding hydrogens is 366 g/mol. The molecule has 4 nitrogen and oxygen atoms in total. The molecule has 0 saturated carbocycles. The van der Waals surface area contributed by atoms with E-state index in [4.69, 9.17) is 11.0 Å². The molecule has 0 radical (unpaired) electrons. The summed E-state index contributed by atoms with van der Waals surface area (Å²) >= 11 is 1.46. The van der Waals surface area contributed by atoms with E-state index in [-0.39, 0.29) is 10.9 Å². The van der Waals surface area contributed by atoms with Gasteiger partial charge in [0.1, 0.15) is 17.7 Å². The summed E-state index contributed by atoms with van der Waals surface area (Å²) in [6.45, 7) is 3.85. The first-order chi connectivity index (χ1) is 12.8. The second kappa shape index (κ2) is 7.49. The molecule has 0 aliphatic carbocycles. The molecule has 0 spiro atoms. The zero-order valence-corrected chi connectivity index (χ0v) is 15.7. The van der Waals surface area contributed by atoms with Crippen molar-refractivity contribution in [2.75, 3.05) is 0 Å². The third-order valence-corrected chi connectivity index (χ3v) is 5.27. The standard InChI is InChI=1S/C20H18F2N4S/c1-12-9-20(2,26-19(24)27-12)15-7-13(3-5-16(15)21)8-17(22)18-6-4-14(10-23)11-25-18/h3-8,11-12H,9H2,1-2H3,(H2,24,26)/b17-8-/t12-,20+/m1/s1. The molecule has 0 bridgehead atoms. The Bertz CT molecular complexity index is 963. The molecule has 1 aromatic carbocycles. The van der Waals surface area contributed by atoms with E-state index in [1.54, 1.807) is 6.07 Å². The number of nitrogens with zero attached hydrogens (tertiary/aromatic N) is 3. The van der Waals surface area contributed by atoms with Gasteiger partial charge in [-0.25, -0.2) is 8.78 Å². The van der Waals surface area contributed by atoms with Crippen LogP contribution in [0.3, 0.4) is 0 Å².